The number of hydrogen-bond acceptors (Lipinski definition) is 2. The van der Waals surface area contributed by atoms with Crippen molar-refractivity contribution in [1.82, 2.24) is 0 Å². The minimum atomic E-state index is -0.629. The Hall–Kier alpha value is -6.82. The minimum absolute atomic E-state index is 0.172. The van der Waals surface area contributed by atoms with Crippen molar-refractivity contribution in [3.8, 4) is 23.0 Å². The first-order chi connectivity index (χ1) is 26.3. The van der Waals surface area contributed by atoms with E-state index in [9.17, 15) is 0 Å². The van der Waals surface area contributed by atoms with E-state index in [0.29, 0.717) is 0 Å². The van der Waals surface area contributed by atoms with Gasteiger partial charge in [-0.2, -0.15) is 0 Å². The van der Waals surface area contributed by atoms with E-state index in [1.807, 2.05) is 0 Å². The SMILES string of the molecule is C(#CC1(c2ccccc2)c2ccccc2-c2ccc(N(c3ccccc3)c3ccc(N(c4ccccc4)c4ccccc4)cc3)cc21)C1C=CC=CC1. The van der Waals surface area contributed by atoms with Crippen LogP contribution < -0.4 is 9.80 Å². The lowest BCUT2D eigenvalue weighted by molar-refractivity contribution is 0.813. The third-order valence-corrected chi connectivity index (χ3v) is 10.3. The van der Waals surface area contributed by atoms with Crippen molar-refractivity contribution in [2.75, 3.05) is 9.80 Å². The maximum atomic E-state index is 3.93. The van der Waals surface area contributed by atoms with E-state index in [4.69, 9.17) is 0 Å². The van der Waals surface area contributed by atoms with Crippen LogP contribution in [0.2, 0.25) is 0 Å². The zero-order valence-corrected chi connectivity index (χ0v) is 29.4. The normalized spacial score (nSPS) is 16.6. The van der Waals surface area contributed by atoms with Gasteiger partial charge in [-0.25, -0.2) is 0 Å². The fraction of sp³-hybridized carbons (Fsp3) is 0.0588. The number of benzene rings is 7. The highest BCUT2D eigenvalue weighted by Crippen LogP contribution is 2.54. The predicted octanol–water partition coefficient (Wildman–Crippen LogP) is 13.1. The molecule has 0 saturated carbocycles. The lowest BCUT2D eigenvalue weighted by atomic mass is 9.72. The molecule has 0 fully saturated rings. The second kappa shape index (κ2) is 14.1. The maximum absolute atomic E-state index is 3.93. The highest BCUT2D eigenvalue weighted by molar-refractivity contribution is 5.89. The highest BCUT2D eigenvalue weighted by atomic mass is 15.2. The molecular weight excluding hydrogens is 641 g/mol. The molecule has 2 unspecified atom stereocenters. The van der Waals surface area contributed by atoms with Gasteiger partial charge < -0.3 is 9.80 Å². The van der Waals surface area contributed by atoms with Crippen LogP contribution in [0.4, 0.5) is 34.1 Å². The van der Waals surface area contributed by atoms with Crippen LogP contribution >= 0.6 is 0 Å². The average molecular weight is 679 g/mol. The van der Waals surface area contributed by atoms with Crippen molar-refractivity contribution in [1.29, 1.82) is 0 Å². The van der Waals surface area contributed by atoms with Crippen LogP contribution in [0.3, 0.4) is 0 Å². The van der Waals surface area contributed by atoms with Gasteiger partial charge in [0.25, 0.3) is 0 Å². The van der Waals surface area contributed by atoms with Gasteiger partial charge in [-0.05, 0) is 107 Å². The van der Waals surface area contributed by atoms with Gasteiger partial charge >= 0.3 is 0 Å². The molecule has 0 aliphatic heterocycles. The van der Waals surface area contributed by atoms with Crippen LogP contribution in [0.15, 0.2) is 212 Å². The molecule has 2 nitrogen and oxygen atoms in total. The molecule has 0 N–H and O–H groups in total. The maximum Gasteiger partial charge on any atom is 0.107 e. The van der Waals surface area contributed by atoms with Crippen LogP contribution in [0, 0.1) is 17.8 Å². The Morgan fingerprint density at radius 2 is 0.906 bits per heavy atom. The van der Waals surface area contributed by atoms with Crippen LogP contribution in [0.25, 0.3) is 11.1 Å². The third kappa shape index (κ3) is 5.93. The monoisotopic (exact) mass is 678 g/mol. The first-order valence-corrected chi connectivity index (χ1v) is 18.3. The second-order valence-electron chi connectivity index (χ2n) is 13.5. The Morgan fingerprint density at radius 3 is 1.47 bits per heavy atom. The molecule has 2 atom stereocenters. The van der Waals surface area contributed by atoms with Gasteiger partial charge in [0, 0.05) is 40.0 Å². The van der Waals surface area contributed by atoms with Crippen molar-refractivity contribution in [3.05, 3.63) is 229 Å². The van der Waals surface area contributed by atoms with Gasteiger partial charge in [0.1, 0.15) is 5.41 Å². The molecule has 2 aliphatic carbocycles. The number of allylic oxidation sites excluding steroid dienone is 4. The smallest absolute Gasteiger partial charge is 0.107 e. The standard InChI is InChI=1S/C51H38N2/c1-6-18-39(19-7-1)36-37-51(40-20-8-2-9-21-40)49-29-17-16-28-47(49)48-35-34-46(38-50(48)51)53(43-26-14-5-15-27-43)45-32-30-44(31-33-45)52(41-22-10-3-11-23-41)42-24-12-4-13-25-42/h1-18,20-35,38-39H,19H2. The largest absolute Gasteiger partial charge is 0.311 e. The molecule has 0 bridgehead atoms. The van der Waals surface area contributed by atoms with E-state index in [1.165, 1.54) is 27.8 Å². The van der Waals surface area contributed by atoms with Crippen molar-refractivity contribution in [3.63, 3.8) is 0 Å². The molecule has 252 valence electrons. The van der Waals surface area contributed by atoms with E-state index < -0.39 is 5.41 Å². The van der Waals surface area contributed by atoms with Gasteiger partial charge in [-0.1, -0.05) is 151 Å². The molecule has 0 amide bonds. The summed E-state index contributed by atoms with van der Waals surface area (Å²) < 4.78 is 0. The summed E-state index contributed by atoms with van der Waals surface area (Å²) in [6.07, 6.45) is 9.59. The van der Waals surface area contributed by atoms with Crippen LogP contribution in [0.5, 0.6) is 0 Å². The Morgan fingerprint density at radius 1 is 0.434 bits per heavy atom. The molecule has 53 heavy (non-hydrogen) atoms. The summed E-state index contributed by atoms with van der Waals surface area (Å²) in [6, 6.07) is 67.3. The minimum Gasteiger partial charge on any atom is -0.311 e. The molecule has 2 aliphatic rings. The molecule has 0 aromatic heterocycles. The number of hydrogen-bond donors (Lipinski definition) is 0. The lowest BCUT2D eigenvalue weighted by Crippen LogP contribution is -2.25. The number of fused-ring (bicyclic) bond motifs is 3. The Kier molecular flexibility index (Phi) is 8.52. The summed E-state index contributed by atoms with van der Waals surface area (Å²) in [6.45, 7) is 0. The third-order valence-electron chi connectivity index (χ3n) is 10.3. The first-order valence-electron chi connectivity index (χ1n) is 18.3. The quantitative estimate of drug-likeness (QED) is 0.155. The van der Waals surface area contributed by atoms with E-state index in [1.54, 1.807) is 0 Å². The zero-order valence-electron chi connectivity index (χ0n) is 29.4. The molecule has 2 heteroatoms. The van der Waals surface area contributed by atoms with E-state index in [-0.39, 0.29) is 5.92 Å². The van der Waals surface area contributed by atoms with Crippen LogP contribution in [0.1, 0.15) is 23.1 Å². The molecule has 0 heterocycles. The van der Waals surface area contributed by atoms with Crippen LogP contribution in [-0.2, 0) is 5.41 Å². The van der Waals surface area contributed by atoms with Gasteiger partial charge in [0.05, 0.1) is 0 Å². The van der Waals surface area contributed by atoms with E-state index in [0.717, 1.165) is 40.5 Å². The fourth-order valence-corrected chi connectivity index (χ4v) is 7.88. The summed E-state index contributed by atoms with van der Waals surface area (Å²) in [5.74, 6) is 7.84. The summed E-state index contributed by atoms with van der Waals surface area (Å²) in [5, 5.41) is 0. The Bertz CT molecular complexity index is 2430. The summed E-state index contributed by atoms with van der Waals surface area (Å²) >= 11 is 0. The molecule has 7 aromatic rings. The molecule has 0 radical (unpaired) electrons. The molecule has 0 spiro atoms. The summed E-state index contributed by atoms with van der Waals surface area (Å²) in [7, 11) is 0. The number of rotatable bonds is 7. The molecule has 9 rings (SSSR count). The first kappa shape index (κ1) is 32.1. The van der Waals surface area contributed by atoms with Crippen molar-refractivity contribution in [2.24, 2.45) is 5.92 Å². The summed E-state index contributed by atoms with van der Waals surface area (Å²) in [4.78, 5) is 4.66. The predicted molar refractivity (Wildman–Crippen MR) is 222 cm³/mol. The Balaban J connectivity index is 1.20. The second-order valence-corrected chi connectivity index (χ2v) is 13.5. The van der Waals surface area contributed by atoms with Crippen molar-refractivity contribution < 1.29 is 0 Å². The van der Waals surface area contributed by atoms with Crippen molar-refractivity contribution >= 4 is 34.1 Å². The lowest BCUT2D eigenvalue weighted by Gasteiger charge is -2.31. The van der Waals surface area contributed by atoms with Gasteiger partial charge in [-0.3, -0.25) is 0 Å². The van der Waals surface area contributed by atoms with Gasteiger partial charge in [0.2, 0.25) is 0 Å². The average Bonchev–Trinajstić information content (AvgIpc) is 3.52. The number of nitrogens with zero attached hydrogens (tertiary/aromatic N) is 2. The van der Waals surface area contributed by atoms with Gasteiger partial charge in [-0.15, -0.1) is 0 Å². The Labute approximate surface area is 312 Å². The van der Waals surface area contributed by atoms with E-state index >= 15 is 0 Å². The zero-order chi connectivity index (χ0) is 35.5. The van der Waals surface area contributed by atoms with Gasteiger partial charge in [0.15, 0.2) is 0 Å². The van der Waals surface area contributed by atoms with E-state index in [2.05, 4.69) is 234 Å². The molecule has 0 saturated heterocycles. The molecular formula is C51H38N2. The van der Waals surface area contributed by atoms with Crippen molar-refractivity contribution in [2.45, 2.75) is 11.8 Å². The number of para-hydroxylation sites is 3. The van der Waals surface area contributed by atoms with Crippen LogP contribution in [-0.4, -0.2) is 0 Å². The molecule has 7 aromatic carbocycles. The highest BCUT2D eigenvalue weighted by Gasteiger charge is 2.44. The summed E-state index contributed by atoms with van der Waals surface area (Å²) in [5.41, 5.74) is 12.0. The topological polar surface area (TPSA) is 6.48 Å². The number of anilines is 6. The fourth-order valence-electron chi connectivity index (χ4n) is 7.88.